The smallest absolute Gasteiger partial charge is 0.223 e. The maximum absolute atomic E-state index is 5.98. The number of fused-ring (bicyclic) bond motifs is 1. The zero-order valence-electron chi connectivity index (χ0n) is 11.1. The van der Waals surface area contributed by atoms with Crippen LogP contribution < -0.4 is 4.74 Å². The predicted molar refractivity (Wildman–Crippen MR) is 74.0 cm³/mol. The van der Waals surface area contributed by atoms with Crippen LogP contribution in [0.1, 0.15) is 17.5 Å². The van der Waals surface area contributed by atoms with Crippen molar-refractivity contribution >= 4 is 22.6 Å². The highest BCUT2D eigenvalue weighted by atomic mass is 35.5. The molecule has 7 heteroatoms. The number of ether oxygens (including phenoxy) is 1. The molecule has 0 aliphatic rings. The van der Waals surface area contributed by atoms with E-state index in [9.17, 15) is 0 Å². The summed E-state index contributed by atoms with van der Waals surface area (Å²) in [6.45, 7) is 2.22. The topological polar surface area (TPSA) is 66.0 Å². The van der Waals surface area contributed by atoms with Gasteiger partial charge in [-0.15, -0.1) is 11.6 Å². The molecule has 0 saturated heterocycles. The standard InChI is InChI=1S/C13H13ClN4O2/c1-8-15-11(17-20-8)7-18-9-4-3-5-10(19-2)13(9)16-12(18)6-14/h3-5H,6-7H2,1-2H3. The van der Waals surface area contributed by atoms with Gasteiger partial charge in [0.2, 0.25) is 5.89 Å². The minimum atomic E-state index is 0.300. The molecule has 0 N–H and O–H groups in total. The molecule has 2 aromatic heterocycles. The van der Waals surface area contributed by atoms with E-state index in [1.807, 2.05) is 22.8 Å². The normalized spacial score (nSPS) is 11.2. The lowest BCUT2D eigenvalue weighted by atomic mass is 10.3. The number of methoxy groups -OCH3 is 1. The van der Waals surface area contributed by atoms with Crippen LogP contribution in [0.25, 0.3) is 11.0 Å². The molecule has 0 aliphatic heterocycles. The minimum Gasteiger partial charge on any atom is -0.494 e. The summed E-state index contributed by atoms with van der Waals surface area (Å²) in [6.07, 6.45) is 0. The van der Waals surface area contributed by atoms with Gasteiger partial charge in [0.05, 0.1) is 25.1 Å². The summed E-state index contributed by atoms with van der Waals surface area (Å²) < 4.78 is 12.3. The summed E-state index contributed by atoms with van der Waals surface area (Å²) in [5.74, 6) is 2.89. The van der Waals surface area contributed by atoms with Gasteiger partial charge in [0.25, 0.3) is 0 Å². The predicted octanol–water partition coefficient (Wildman–Crippen LogP) is 2.52. The van der Waals surface area contributed by atoms with Crippen LogP contribution in [0, 0.1) is 6.92 Å². The van der Waals surface area contributed by atoms with Gasteiger partial charge in [-0.25, -0.2) is 4.98 Å². The van der Waals surface area contributed by atoms with Gasteiger partial charge in [-0.05, 0) is 12.1 Å². The molecule has 1 aromatic carbocycles. The van der Waals surface area contributed by atoms with E-state index < -0.39 is 0 Å². The largest absolute Gasteiger partial charge is 0.494 e. The second-order valence-corrected chi connectivity index (χ2v) is 4.57. The quantitative estimate of drug-likeness (QED) is 0.691. The lowest BCUT2D eigenvalue weighted by Crippen LogP contribution is -2.05. The zero-order chi connectivity index (χ0) is 14.1. The summed E-state index contributed by atoms with van der Waals surface area (Å²) >= 11 is 5.98. The molecule has 0 bridgehead atoms. The molecule has 6 nitrogen and oxygen atoms in total. The average molecular weight is 293 g/mol. The second-order valence-electron chi connectivity index (χ2n) is 4.31. The first-order valence-electron chi connectivity index (χ1n) is 6.10. The molecule has 0 amide bonds. The molecule has 0 fully saturated rings. The van der Waals surface area contributed by atoms with Crippen molar-refractivity contribution in [3.63, 3.8) is 0 Å². The molecule has 0 spiro atoms. The van der Waals surface area contributed by atoms with Crippen LogP contribution in [-0.4, -0.2) is 26.8 Å². The van der Waals surface area contributed by atoms with E-state index in [0.29, 0.717) is 24.1 Å². The Hall–Kier alpha value is -2.08. The summed E-state index contributed by atoms with van der Waals surface area (Å²) in [5.41, 5.74) is 1.72. The maximum Gasteiger partial charge on any atom is 0.223 e. The molecule has 20 heavy (non-hydrogen) atoms. The van der Waals surface area contributed by atoms with Crippen LogP contribution in [-0.2, 0) is 12.4 Å². The number of halogens is 1. The second kappa shape index (κ2) is 5.13. The van der Waals surface area contributed by atoms with Crippen LogP contribution in [0.5, 0.6) is 5.75 Å². The first-order valence-corrected chi connectivity index (χ1v) is 6.63. The third kappa shape index (κ3) is 2.12. The lowest BCUT2D eigenvalue weighted by Gasteiger charge is -2.04. The van der Waals surface area contributed by atoms with Gasteiger partial charge in [-0.2, -0.15) is 4.98 Å². The molecular weight excluding hydrogens is 280 g/mol. The van der Waals surface area contributed by atoms with Crippen LogP contribution in [0.2, 0.25) is 0 Å². The number of imidazole rings is 1. The van der Waals surface area contributed by atoms with Gasteiger partial charge in [0.1, 0.15) is 17.1 Å². The minimum absolute atomic E-state index is 0.300. The summed E-state index contributed by atoms with van der Waals surface area (Å²) in [5, 5.41) is 3.91. The fourth-order valence-corrected chi connectivity index (χ4v) is 2.36. The van der Waals surface area contributed by atoms with E-state index in [-0.39, 0.29) is 0 Å². The van der Waals surface area contributed by atoms with Crippen LogP contribution in [0.15, 0.2) is 22.7 Å². The van der Waals surface area contributed by atoms with Crippen molar-refractivity contribution in [2.75, 3.05) is 7.11 Å². The molecular formula is C13H13ClN4O2. The van der Waals surface area contributed by atoms with Gasteiger partial charge >= 0.3 is 0 Å². The fourth-order valence-electron chi connectivity index (χ4n) is 2.16. The Morgan fingerprint density at radius 1 is 1.35 bits per heavy atom. The third-order valence-corrected chi connectivity index (χ3v) is 3.27. The van der Waals surface area contributed by atoms with Crippen molar-refractivity contribution in [2.24, 2.45) is 0 Å². The first-order chi connectivity index (χ1) is 9.72. The average Bonchev–Trinajstić information content (AvgIpc) is 3.03. The van der Waals surface area contributed by atoms with Gasteiger partial charge in [0.15, 0.2) is 5.82 Å². The summed E-state index contributed by atoms with van der Waals surface area (Å²) in [4.78, 5) is 8.73. The maximum atomic E-state index is 5.98. The molecule has 0 unspecified atom stereocenters. The molecule has 2 heterocycles. The Balaban J connectivity index is 2.13. The molecule has 3 aromatic rings. The monoisotopic (exact) mass is 292 g/mol. The summed E-state index contributed by atoms with van der Waals surface area (Å²) in [6, 6.07) is 5.75. The number of hydrogen-bond acceptors (Lipinski definition) is 5. The Morgan fingerprint density at radius 3 is 2.85 bits per heavy atom. The van der Waals surface area contributed by atoms with Crippen LogP contribution in [0.4, 0.5) is 0 Å². The number of aryl methyl sites for hydroxylation is 1. The van der Waals surface area contributed by atoms with Crippen molar-refractivity contribution in [1.82, 2.24) is 19.7 Å². The fraction of sp³-hybridized carbons (Fsp3) is 0.308. The molecule has 104 valence electrons. The Labute approximate surface area is 120 Å². The number of benzene rings is 1. The van der Waals surface area contributed by atoms with E-state index in [4.69, 9.17) is 20.9 Å². The van der Waals surface area contributed by atoms with Gasteiger partial charge in [-0.3, -0.25) is 0 Å². The highest BCUT2D eigenvalue weighted by molar-refractivity contribution is 6.16. The lowest BCUT2D eigenvalue weighted by molar-refractivity contribution is 0.386. The summed E-state index contributed by atoms with van der Waals surface area (Å²) in [7, 11) is 1.62. The van der Waals surface area contributed by atoms with E-state index in [1.54, 1.807) is 14.0 Å². The Morgan fingerprint density at radius 2 is 2.20 bits per heavy atom. The van der Waals surface area contributed by atoms with E-state index in [0.717, 1.165) is 22.6 Å². The van der Waals surface area contributed by atoms with Crippen molar-refractivity contribution in [1.29, 1.82) is 0 Å². The van der Waals surface area contributed by atoms with Crippen molar-refractivity contribution in [2.45, 2.75) is 19.3 Å². The number of rotatable bonds is 4. The highest BCUT2D eigenvalue weighted by Crippen LogP contribution is 2.26. The number of aromatic nitrogens is 4. The van der Waals surface area contributed by atoms with E-state index in [2.05, 4.69) is 15.1 Å². The van der Waals surface area contributed by atoms with Gasteiger partial charge in [-0.1, -0.05) is 11.2 Å². The van der Waals surface area contributed by atoms with Crippen LogP contribution >= 0.6 is 11.6 Å². The molecule has 3 rings (SSSR count). The number of nitrogens with zero attached hydrogens (tertiary/aromatic N) is 4. The number of para-hydroxylation sites is 1. The first kappa shape index (κ1) is 12.9. The van der Waals surface area contributed by atoms with Crippen molar-refractivity contribution in [3.8, 4) is 5.75 Å². The van der Waals surface area contributed by atoms with Gasteiger partial charge < -0.3 is 13.8 Å². The molecule has 0 aliphatic carbocycles. The Kier molecular flexibility index (Phi) is 3.31. The Bertz CT molecular complexity index is 750. The highest BCUT2D eigenvalue weighted by Gasteiger charge is 2.15. The van der Waals surface area contributed by atoms with Crippen LogP contribution in [0.3, 0.4) is 0 Å². The molecule has 0 radical (unpaired) electrons. The van der Waals surface area contributed by atoms with E-state index >= 15 is 0 Å². The van der Waals surface area contributed by atoms with Crippen molar-refractivity contribution in [3.05, 3.63) is 35.7 Å². The third-order valence-electron chi connectivity index (χ3n) is 3.03. The number of alkyl halides is 1. The molecule has 0 atom stereocenters. The SMILES string of the molecule is COc1cccc2c1nc(CCl)n2Cc1noc(C)n1. The number of hydrogen-bond donors (Lipinski definition) is 0. The van der Waals surface area contributed by atoms with Crippen molar-refractivity contribution < 1.29 is 9.26 Å². The van der Waals surface area contributed by atoms with Gasteiger partial charge in [0, 0.05) is 6.92 Å². The van der Waals surface area contributed by atoms with E-state index in [1.165, 1.54) is 0 Å². The molecule has 0 saturated carbocycles. The zero-order valence-corrected chi connectivity index (χ0v) is 11.9.